The lowest BCUT2D eigenvalue weighted by molar-refractivity contribution is -0.129. The molecule has 0 aromatic heterocycles. The SMILES string of the molecule is COc1ccc(NC(=O)N2CCN(C(C(=O)NCCCN3CCCC3=O)C3CCCC3)CC2)cc1. The summed E-state index contributed by atoms with van der Waals surface area (Å²) in [6.07, 6.45) is 6.90. The molecule has 1 atom stereocenters. The molecule has 192 valence electrons. The summed E-state index contributed by atoms with van der Waals surface area (Å²) in [7, 11) is 1.61. The quantitative estimate of drug-likeness (QED) is 0.525. The molecule has 4 amide bonds. The van der Waals surface area contributed by atoms with Gasteiger partial charge < -0.3 is 25.2 Å². The number of ether oxygens (including phenoxy) is 1. The maximum absolute atomic E-state index is 13.3. The Labute approximate surface area is 208 Å². The number of amides is 4. The van der Waals surface area contributed by atoms with Crippen molar-refractivity contribution >= 4 is 23.5 Å². The van der Waals surface area contributed by atoms with Gasteiger partial charge in [-0.05, 0) is 55.9 Å². The molecule has 2 N–H and O–H groups in total. The lowest BCUT2D eigenvalue weighted by Crippen LogP contribution is -2.58. The number of piperazine rings is 1. The van der Waals surface area contributed by atoms with Crippen molar-refractivity contribution in [2.24, 2.45) is 5.92 Å². The highest BCUT2D eigenvalue weighted by Gasteiger charge is 2.37. The standard InChI is InChI=1S/C26H39N5O4/c1-35-22-11-9-21(10-12-22)28-26(34)31-18-16-30(17-19-31)24(20-6-2-3-7-20)25(33)27-13-5-15-29-14-4-8-23(29)32/h9-12,20,24H,2-8,13-19H2,1H3,(H,27,33)(H,28,34). The van der Waals surface area contributed by atoms with Crippen LogP contribution in [0.1, 0.15) is 44.9 Å². The minimum atomic E-state index is -0.141. The van der Waals surface area contributed by atoms with Crippen LogP contribution in [0.15, 0.2) is 24.3 Å². The van der Waals surface area contributed by atoms with Crippen LogP contribution in [0.25, 0.3) is 0 Å². The lowest BCUT2D eigenvalue weighted by Gasteiger charge is -2.40. The fourth-order valence-electron chi connectivity index (χ4n) is 5.56. The Kier molecular flexibility index (Phi) is 8.84. The van der Waals surface area contributed by atoms with Gasteiger partial charge in [0.1, 0.15) is 5.75 Å². The van der Waals surface area contributed by atoms with Gasteiger partial charge in [0, 0.05) is 57.9 Å². The second-order valence-corrected chi connectivity index (χ2v) is 9.80. The summed E-state index contributed by atoms with van der Waals surface area (Å²) >= 11 is 0. The number of likely N-dealkylation sites (tertiary alicyclic amines) is 1. The van der Waals surface area contributed by atoms with E-state index in [2.05, 4.69) is 15.5 Å². The number of carbonyl (C=O) groups excluding carboxylic acids is 3. The Morgan fingerprint density at radius 2 is 1.74 bits per heavy atom. The molecule has 2 heterocycles. The van der Waals surface area contributed by atoms with Gasteiger partial charge in [-0.2, -0.15) is 0 Å². The van der Waals surface area contributed by atoms with Crippen molar-refractivity contribution in [1.82, 2.24) is 20.0 Å². The molecule has 0 bridgehead atoms. The molecule has 1 saturated carbocycles. The summed E-state index contributed by atoms with van der Waals surface area (Å²) < 4.78 is 5.17. The third kappa shape index (κ3) is 6.66. The van der Waals surface area contributed by atoms with Gasteiger partial charge in [0.25, 0.3) is 0 Å². The van der Waals surface area contributed by atoms with E-state index in [1.54, 1.807) is 7.11 Å². The first-order chi connectivity index (χ1) is 17.0. The molecule has 2 saturated heterocycles. The largest absolute Gasteiger partial charge is 0.497 e. The number of hydrogen-bond acceptors (Lipinski definition) is 5. The fraction of sp³-hybridized carbons (Fsp3) is 0.654. The van der Waals surface area contributed by atoms with Crippen LogP contribution in [-0.2, 0) is 9.59 Å². The van der Waals surface area contributed by atoms with E-state index in [9.17, 15) is 14.4 Å². The van der Waals surface area contributed by atoms with Crippen LogP contribution in [0.5, 0.6) is 5.75 Å². The Balaban J connectivity index is 1.26. The molecule has 2 aliphatic heterocycles. The van der Waals surface area contributed by atoms with Crippen LogP contribution < -0.4 is 15.4 Å². The van der Waals surface area contributed by atoms with E-state index in [1.165, 1.54) is 12.8 Å². The first-order valence-electron chi connectivity index (χ1n) is 13.0. The fourth-order valence-corrected chi connectivity index (χ4v) is 5.56. The highest BCUT2D eigenvalue weighted by atomic mass is 16.5. The third-order valence-electron chi connectivity index (χ3n) is 7.53. The third-order valence-corrected chi connectivity index (χ3v) is 7.53. The maximum atomic E-state index is 13.3. The number of urea groups is 1. The maximum Gasteiger partial charge on any atom is 0.321 e. The van der Waals surface area contributed by atoms with E-state index in [0.29, 0.717) is 45.1 Å². The van der Waals surface area contributed by atoms with Crippen LogP contribution in [0.3, 0.4) is 0 Å². The second-order valence-electron chi connectivity index (χ2n) is 9.80. The summed E-state index contributed by atoms with van der Waals surface area (Å²) in [5.74, 6) is 1.45. The molecular weight excluding hydrogens is 446 g/mol. The molecule has 1 aromatic carbocycles. The van der Waals surface area contributed by atoms with Crippen molar-refractivity contribution in [3.05, 3.63) is 24.3 Å². The summed E-state index contributed by atoms with van der Waals surface area (Å²) in [4.78, 5) is 43.8. The molecule has 9 nitrogen and oxygen atoms in total. The van der Waals surface area contributed by atoms with Gasteiger partial charge in [-0.15, -0.1) is 0 Å². The summed E-state index contributed by atoms with van der Waals surface area (Å²) in [5.41, 5.74) is 0.733. The number of rotatable bonds is 9. The van der Waals surface area contributed by atoms with Gasteiger partial charge in [-0.1, -0.05) is 12.8 Å². The minimum absolute atomic E-state index is 0.0979. The van der Waals surface area contributed by atoms with Gasteiger partial charge in [0.15, 0.2) is 0 Å². The topological polar surface area (TPSA) is 94.2 Å². The van der Waals surface area contributed by atoms with Crippen LogP contribution in [-0.4, -0.2) is 91.5 Å². The number of nitrogens with zero attached hydrogens (tertiary/aromatic N) is 3. The van der Waals surface area contributed by atoms with Crippen molar-refractivity contribution in [3.8, 4) is 5.75 Å². The number of anilines is 1. The smallest absolute Gasteiger partial charge is 0.321 e. The summed E-state index contributed by atoms with van der Waals surface area (Å²) in [6.45, 7) is 4.71. The van der Waals surface area contributed by atoms with Gasteiger partial charge >= 0.3 is 6.03 Å². The van der Waals surface area contributed by atoms with Gasteiger partial charge in [-0.25, -0.2) is 4.79 Å². The van der Waals surface area contributed by atoms with E-state index in [4.69, 9.17) is 4.74 Å². The molecule has 9 heteroatoms. The first kappa shape index (κ1) is 25.3. The Hall–Kier alpha value is -2.81. The first-order valence-corrected chi connectivity index (χ1v) is 13.0. The number of methoxy groups -OCH3 is 1. The molecule has 1 aromatic rings. The highest BCUT2D eigenvalue weighted by molar-refractivity contribution is 5.89. The number of nitrogens with one attached hydrogen (secondary N) is 2. The number of benzene rings is 1. The predicted molar refractivity (Wildman–Crippen MR) is 134 cm³/mol. The van der Waals surface area contributed by atoms with Crippen molar-refractivity contribution in [2.75, 3.05) is 58.2 Å². The van der Waals surface area contributed by atoms with Crippen molar-refractivity contribution < 1.29 is 19.1 Å². The normalized spacial score (nSPS) is 20.2. The minimum Gasteiger partial charge on any atom is -0.497 e. The Morgan fingerprint density at radius 1 is 1.03 bits per heavy atom. The van der Waals surface area contributed by atoms with E-state index in [0.717, 1.165) is 50.2 Å². The zero-order valence-corrected chi connectivity index (χ0v) is 20.8. The molecule has 0 spiro atoms. The monoisotopic (exact) mass is 485 g/mol. The lowest BCUT2D eigenvalue weighted by atomic mass is 9.95. The highest BCUT2D eigenvalue weighted by Crippen LogP contribution is 2.31. The molecule has 3 fully saturated rings. The Morgan fingerprint density at radius 3 is 2.37 bits per heavy atom. The number of carbonyl (C=O) groups is 3. The Bertz CT molecular complexity index is 863. The molecule has 0 radical (unpaired) electrons. The van der Waals surface area contributed by atoms with Gasteiger partial charge in [0.05, 0.1) is 13.2 Å². The van der Waals surface area contributed by atoms with Crippen LogP contribution in [0.4, 0.5) is 10.5 Å². The van der Waals surface area contributed by atoms with Crippen LogP contribution >= 0.6 is 0 Å². The average Bonchev–Trinajstić information content (AvgIpc) is 3.55. The van der Waals surface area contributed by atoms with E-state index in [-0.39, 0.29) is 23.9 Å². The van der Waals surface area contributed by atoms with E-state index < -0.39 is 0 Å². The molecule has 1 aliphatic carbocycles. The zero-order chi connectivity index (χ0) is 24.6. The molecular formula is C26H39N5O4. The van der Waals surface area contributed by atoms with Crippen molar-refractivity contribution in [3.63, 3.8) is 0 Å². The molecule has 3 aliphatic rings. The molecule has 1 unspecified atom stereocenters. The van der Waals surface area contributed by atoms with Gasteiger partial charge in [0.2, 0.25) is 11.8 Å². The summed E-state index contributed by atoms with van der Waals surface area (Å²) in [6, 6.07) is 7.04. The van der Waals surface area contributed by atoms with Crippen molar-refractivity contribution in [2.45, 2.75) is 51.0 Å². The van der Waals surface area contributed by atoms with Crippen LogP contribution in [0, 0.1) is 5.92 Å². The van der Waals surface area contributed by atoms with Gasteiger partial charge in [-0.3, -0.25) is 14.5 Å². The predicted octanol–water partition coefficient (Wildman–Crippen LogP) is 2.53. The number of hydrogen-bond donors (Lipinski definition) is 2. The zero-order valence-electron chi connectivity index (χ0n) is 20.8. The molecule has 35 heavy (non-hydrogen) atoms. The van der Waals surface area contributed by atoms with E-state index >= 15 is 0 Å². The summed E-state index contributed by atoms with van der Waals surface area (Å²) in [5, 5.41) is 6.10. The van der Waals surface area contributed by atoms with Crippen LogP contribution in [0.2, 0.25) is 0 Å². The second kappa shape index (κ2) is 12.2. The van der Waals surface area contributed by atoms with Crippen molar-refractivity contribution in [1.29, 1.82) is 0 Å². The molecule has 4 rings (SSSR count). The average molecular weight is 486 g/mol. The van der Waals surface area contributed by atoms with E-state index in [1.807, 2.05) is 34.1 Å².